The number of alkyl halides is 2. The summed E-state index contributed by atoms with van der Waals surface area (Å²) in [5.74, 6) is -3.46. The highest BCUT2D eigenvalue weighted by Gasteiger charge is 2.35. The molecule has 18 heavy (non-hydrogen) atoms. The minimum atomic E-state index is -4.67. The lowest BCUT2D eigenvalue weighted by Gasteiger charge is -2.24. The Morgan fingerprint density at radius 3 is 2.67 bits per heavy atom. The smallest absolute Gasteiger partial charge is 0.355 e. The summed E-state index contributed by atoms with van der Waals surface area (Å²) in [4.78, 5) is 0. The second-order valence-electron chi connectivity index (χ2n) is 4.09. The molecule has 0 spiro atoms. The van der Waals surface area contributed by atoms with Crippen molar-refractivity contribution in [2.24, 2.45) is 0 Å². The van der Waals surface area contributed by atoms with Crippen molar-refractivity contribution in [3.05, 3.63) is 29.8 Å². The molecule has 0 aromatic heterocycles. The zero-order chi connectivity index (χ0) is 13.3. The van der Waals surface area contributed by atoms with Crippen molar-refractivity contribution >= 4 is 15.7 Å². The summed E-state index contributed by atoms with van der Waals surface area (Å²) < 4.78 is 49.2. The standard InChI is InChI=1S/C11H13F2NO3S/c12-11(13)18(16,17)14-7-3-6-10(15)8-4-1-2-5-9(8)14/h1-2,4-5,10-11,15H,3,6-7H2. The van der Waals surface area contributed by atoms with E-state index in [1.807, 2.05) is 0 Å². The van der Waals surface area contributed by atoms with Crippen LogP contribution in [0.1, 0.15) is 24.5 Å². The summed E-state index contributed by atoms with van der Waals surface area (Å²) in [6.07, 6.45) is -0.132. The van der Waals surface area contributed by atoms with Crippen LogP contribution in [0.2, 0.25) is 0 Å². The zero-order valence-corrected chi connectivity index (χ0v) is 10.3. The highest BCUT2D eigenvalue weighted by molar-refractivity contribution is 7.93. The summed E-state index contributed by atoms with van der Waals surface area (Å²) in [5.41, 5.74) is 0.516. The van der Waals surface area contributed by atoms with Gasteiger partial charge in [-0.05, 0) is 18.9 Å². The quantitative estimate of drug-likeness (QED) is 0.898. The van der Waals surface area contributed by atoms with E-state index in [1.54, 1.807) is 18.2 Å². The normalized spacial score (nSPS) is 20.7. The minimum Gasteiger partial charge on any atom is -0.388 e. The highest BCUT2D eigenvalue weighted by atomic mass is 32.2. The maximum Gasteiger partial charge on any atom is 0.355 e. The maximum absolute atomic E-state index is 12.6. The highest BCUT2D eigenvalue weighted by Crippen LogP contribution is 2.35. The molecular formula is C11H13F2NO3S. The van der Waals surface area contributed by atoms with Gasteiger partial charge in [-0.1, -0.05) is 18.2 Å². The second-order valence-corrected chi connectivity index (χ2v) is 5.92. The number of benzene rings is 1. The van der Waals surface area contributed by atoms with Gasteiger partial charge in [-0.3, -0.25) is 4.31 Å². The molecule has 1 aliphatic rings. The first kappa shape index (κ1) is 13.2. The molecule has 100 valence electrons. The van der Waals surface area contributed by atoms with Crippen LogP contribution in [0.5, 0.6) is 0 Å². The number of para-hydroxylation sites is 1. The molecule has 1 atom stereocenters. The van der Waals surface area contributed by atoms with Crippen LogP contribution >= 0.6 is 0 Å². The van der Waals surface area contributed by atoms with Gasteiger partial charge in [0.2, 0.25) is 0 Å². The van der Waals surface area contributed by atoms with Crippen molar-refractivity contribution in [2.45, 2.75) is 24.7 Å². The monoisotopic (exact) mass is 277 g/mol. The van der Waals surface area contributed by atoms with Crippen molar-refractivity contribution in [3.63, 3.8) is 0 Å². The number of fused-ring (bicyclic) bond motifs is 1. The molecule has 0 aliphatic carbocycles. The van der Waals surface area contributed by atoms with E-state index in [-0.39, 0.29) is 12.2 Å². The molecule has 1 unspecified atom stereocenters. The third-order valence-corrected chi connectivity index (χ3v) is 4.38. The lowest BCUT2D eigenvalue weighted by molar-refractivity contribution is 0.168. The average molecular weight is 277 g/mol. The first-order valence-corrected chi connectivity index (χ1v) is 7.01. The third-order valence-electron chi connectivity index (χ3n) is 2.94. The van der Waals surface area contributed by atoms with Gasteiger partial charge in [-0.15, -0.1) is 0 Å². The lowest BCUT2D eigenvalue weighted by Crippen LogP contribution is -2.36. The average Bonchev–Trinajstić information content (AvgIpc) is 2.49. The Kier molecular flexibility index (Phi) is 3.54. The Hall–Kier alpha value is -1.21. The van der Waals surface area contributed by atoms with Gasteiger partial charge >= 0.3 is 5.76 Å². The van der Waals surface area contributed by atoms with Gasteiger partial charge < -0.3 is 5.11 Å². The van der Waals surface area contributed by atoms with Crippen molar-refractivity contribution in [1.82, 2.24) is 0 Å². The second kappa shape index (κ2) is 4.81. The maximum atomic E-state index is 12.6. The van der Waals surface area contributed by atoms with Crippen molar-refractivity contribution in [1.29, 1.82) is 0 Å². The van der Waals surface area contributed by atoms with Gasteiger partial charge in [0.1, 0.15) is 0 Å². The fourth-order valence-corrected chi connectivity index (χ4v) is 3.08. The number of hydrogen-bond donors (Lipinski definition) is 1. The number of hydrogen-bond acceptors (Lipinski definition) is 3. The van der Waals surface area contributed by atoms with Crippen LogP contribution in [0.3, 0.4) is 0 Å². The first-order chi connectivity index (χ1) is 8.44. The van der Waals surface area contributed by atoms with Gasteiger partial charge in [0, 0.05) is 12.1 Å². The molecule has 0 amide bonds. The number of anilines is 1. The molecule has 0 radical (unpaired) electrons. The van der Waals surface area contributed by atoms with Gasteiger partial charge in [-0.25, -0.2) is 8.42 Å². The van der Waals surface area contributed by atoms with E-state index in [1.165, 1.54) is 6.07 Å². The molecule has 2 rings (SSSR count). The molecule has 7 heteroatoms. The van der Waals surface area contributed by atoms with E-state index < -0.39 is 21.9 Å². The molecule has 0 fully saturated rings. The molecule has 0 saturated carbocycles. The number of sulfonamides is 1. The van der Waals surface area contributed by atoms with E-state index in [0.29, 0.717) is 22.7 Å². The van der Waals surface area contributed by atoms with Gasteiger partial charge in [0.15, 0.2) is 0 Å². The Morgan fingerprint density at radius 1 is 1.33 bits per heavy atom. The molecule has 1 heterocycles. The van der Waals surface area contributed by atoms with E-state index in [9.17, 15) is 22.3 Å². The van der Waals surface area contributed by atoms with Crippen LogP contribution in [0.4, 0.5) is 14.5 Å². The Balaban J connectivity index is 2.54. The van der Waals surface area contributed by atoms with Crippen LogP contribution in [-0.4, -0.2) is 25.8 Å². The Labute approximate surface area is 104 Å². The fourth-order valence-electron chi connectivity index (χ4n) is 2.06. The zero-order valence-electron chi connectivity index (χ0n) is 9.46. The largest absolute Gasteiger partial charge is 0.388 e. The Bertz CT molecular complexity index is 533. The Morgan fingerprint density at radius 2 is 2.00 bits per heavy atom. The molecule has 1 aromatic carbocycles. The number of halogens is 2. The van der Waals surface area contributed by atoms with Gasteiger partial charge in [0.25, 0.3) is 10.0 Å². The molecular weight excluding hydrogens is 264 g/mol. The minimum absolute atomic E-state index is 0.0409. The molecule has 1 aromatic rings. The summed E-state index contributed by atoms with van der Waals surface area (Å²) in [7, 11) is -4.67. The number of aliphatic hydroxyl groups excluding tert-OH is 1. The molecule has 0 bridgehead atoms. The van der Waals surface area contributed by atoms with Crippen LogP contribution < -0.4 is 4.31 Å². The van der Waals surface area contributed by atoms with Crippen molar-refractivity contribution < 1.29 is 22.3 Å². The van der Waals surface area contributed by atoms with Crippen LogP contribution in [0, 0.1) is 0 Å². The van der Waals surface area contributed by atoms with E-state index in [4.69, 9.17) is 0 Å². The number of nitrogens with zero attached hydrogens (tertiary/aromatic N) is 1. The number of rotatable bonds is 2. The van der Waals surface area contributed by atoms with Gasteiger partial charge in [0.05, 0.1) is 11.8 Å². The first-order valence-electron chi connectivity index (χ1n) is 5.51. The summed E-state index contributed by atoms with van der Waals surface area (Å²) in [6.45, 7) is -0.0409. The fraction of sp³-hybridized carbons (Fsp3) is 0.455. The summed E-state index contributed by atoms with van der Waals surface area (Å²) in [5, 5.41) is 9.85. The van der Waals surface area contributed by atoms with Crippen molar-refractivity contribution in [3.8, 4) is 0 Å². The topological polar surface area (TPSA) is 57.6 Å². The predicted octanol–water partition coefficient (Wildman–Crippen LogP) is 1.87. The SMILES string of the molecule is O=S(=O)(C(F)F)N1CCCC(O)c2ccccc21. The van der Waals surface area contributed by atoms with E-state index >= 15 is 0 Å². The number of aliphatic hydroxyl groups is 1. The lowest BCUT2D eigenvalue weighted by atomic mass is 10.1. The van der Waals surface area contributed by atoms with Crippen molar-refractivity contribution in [2.75, 3.05) is 10.8 Å². The molecule has 1 N–H and O–H groups in total. The predicted molar refractivity (Wildman–Crippen MR) is 62.9 cm³/mol. The molecule has 0 saturated heterocycles. The van der Waals surface area contributed by atoms with Crippen LogP contribution in [0.15, 0.2) is 24.3 Å². The van der Waals surface area contributed by atoms with Crippen LogP contribution in [0.25, 0.3) is 0 Å². The third kappa shape index (κ3) is 2.20. The molecule has 4 nitrogen and oxygen atoms in total. The van der Waals surface area contributed by atoms with Crippen LogP contribution in [-0.2, 0) is 10.0 Å². The summed E-state index contributed by atoms with van der Waals surface area (Å²) in [6, 6.07) is 6.19. The summed E-state index contributed by atoms with van der Waals surface area (Å²) >= 11 is 0. The molecule has 1 aliphatic heterocycles. The van der Waals surface area contributed by atoms with Gasteiger partial charge in [-0.2, -0.15) is 8.78 Å². The van der Waals surface area contributed by atoms with E-state index in [2.05, 4.69) is 0 Å². The van der Waals surface area contributed by atoms with E-state index in [0.717, 1.165) is 0 Å².